The quantitative estimate of drug-likeness (QED) is 0.290. The largest absolute Gasteiger partial charge is 0.493 e. The minimum absolute atomic E-state index is 0.151. The molecule has 0 aliphatic heterocycles. The third-order valence-corrected chi connectivity index (χ3v) is 4.50. The normalized spacial score (nSPS) is 13.8. The van der Waals surface area contributed by atoms with Crippen LogP contribution < -0.4 is 25.4 Å². The maximum Gasteiger partial charge on any atom is 0.220 e. The molecule has 0 bridgehead atoms. The molecule has 2 rings (SSSR count). The summed E-state index contributed by atoms with van der Waals surface area (Å²) in [6.07, 6.45) is 5.53. The van der Waals surface area contributed by atoms with Crippen LogP contribution in [0.4, 0.5) is 0 Å². The Morgan fingerprint density at radius 3 is 2.57 bits per heavy atom. The lowest BCUT2D eigenvalue weighted by Crippen LogP contribution is -2.38. The molecule has 7 heteroatoms. The van der Waals surface area contributed by atoms with E-state index in [9.17, 15) is 4.79 Å². The fraction of sp³-hybridized carbons (Fsp3) is 0.619. The fourth-order valence-electron chi connectivity index (χ4n) is 2.85. The molecule has 1 aromatic carbocycles. The predicted octanol–water partition coefficient (Wildman–Crippen LogP) is 2.25. The molecule has 28 heavy (non-hydrogen) atoms. The van der Waals surface area contributed by atoms with E-state index in [-0.39, 0.29) is 5.91 Å². The average Bonchev–Trinajstić information content (AvgIpc) is 3.51. The van der Waals surface area contributed by atoms with Crippen LogP contribution in [0, 0.1) is 0 Å². The Balaban J connectivity index is 1.61. The second-order valence-corrected chi connectivity index (χ2v) is 6.89. The van der Waals surface area contributed by atoms with E-state index < -0.39 is 0 Å². The summed E-state index contributed by atoms with van der Waals surface area (Å²) in [5.41, 5.74) is 1.22. The molecule has 0 heterocycles. The van der Waals surface area contributed by atoms with Crippen LogP contribution in [0.1, 0.15) is 44.6 Å². The van der Waals surface area contributed by atoms with Gasteiger partial charge in [-0.3, -0.25) is 9.79 Å². The summed E-state index contributed by atoms with van der Waals surface area (Å²) in [6.45, 7) is 4.13. The molecule has 1 saturated carbocycles. The van der Waals surface area contributed by atoms with Gasteiger partial charge in [-0.2, -0.15) is 0 Å². The molecule has 7 nitrogen and oxygen atoms in total. The molecule has 3 N–H and O–H groups in total. The van der Waals surface area contributed by atoms with Crippen LogP contribution in [0.3, 0.4) is 0 Å². The van der Waals surface area contributed by atoms with E-state index in [1.54, 1.807) is 14.2 Å². The molecule has 1 aliphatic carbocycles. The number of guanidine groups is 1. The highest BCUT2D eigenvalue weighted by Crippen LogP contribution is 2.28. The average molecular weight is 391 g/mol. The van der Waals surface area contributed by atoms with Gasteiger partial charge < -0.3 is 25.4 Å². The summed E-state index contributed by atoms with van der Waals surface area (Å²) in [5.74, 6) is 2.48. The Kier molecular flexibility index (Phi) is 9.45. The van der Waals surface area contributed by atoms with Gasteiger partial charge in [-0.25, -0.2) is 0 Å². The lowest BCUT2D eigenvalue weighted by molar-refractivity contribution is -0.121. The van der Waals surface area contributed by atoms with Crippen molar-refractivity contribution in [3.63, 3.8) is 0 Å². The Morgan fingerprint density at radius 2 is 1.93 bits per heavy atom. The number of nitrogens with one attached hydrogen (secondary N) is 3. The Hall–Kier alpha value is -2.44. The third-order valence-electron chi connectivity index (χ3n) is 4.50. The van der Waals surface area contributed by atoms with Crippen molar-refractivity contribution < 1.29 is 14.3 Å². The van der Waals surface area contributed by atoms with Crippen LogP contribution in [0.2, 0.25) is 0 Å². The summed E-state index contributed by atoms with van der Waals surface area (Å²) in [7, 11) is 3.41. The minimum atomic E-state index is 0.151. The maximum atomic E-state index is 11.7. The third kappa shape index (κ3) is 8.06. The van der Waals surface area contributed by atoms with Crippen LogP contribution in [0.5, 0.6) is 11.5 Å². The van der Waals surface area contributed by atoms with Crippen LogP contribution >= 0.6 is 0 Å². The number of nitrogens with zero attached hydrogens (tertiary/aromatic N) is 1. The van der Waals surface area contributed by atoms with Crippen molar-refractivity contribution in [3.05, 3.63) is 23.8 Å². The van der Waals surface area contributed by atoms with E-state index in [2.05, 4.69) is 27.0 Å². The molecule has 0 unspecified atom stereocenters. The Morgan fingerprint density at radius 1 is 1.18 bits per heavy atom. The molecule has 156 valence electrons. The first-order valence-corrected chi connectivity index (χ1v) is 10.2. The highest BCUT2D eigenvalue weighted by molar-refractivity contribution is 5.79. The molecular formula is C21H34N4O3. The standard InChI is InChI=1S/C21H34N4O3/c1-4-28-19-15-16(9-12-18(19)27-3)7-5-13-23-21(22-2)24-14-6-8-20(26)25-17-10-11-17/h9,12,15,17H,4-8,10-11,13-14H2,1-3H3,(H,25,26)(H2,22,23,24). The van der Waals surface area contributed by atoms with Gasteiger partial charge in [0.05, 0.1) is 13.7 Å². The summed E-state index contributed by atoms with van der Waals surface area (Å²) < 4.78 is 11.0. The summed E-state index contributed by atoms with van der Waals surface area (Å²) in [5, 5.41) is 9.57. The number of carbonyl (C=O) groups is 1. The number of hydrogen-bond donors (Lipinski definition) is 3. The second kappa shape index (κ2) is 12.1. The maximum absolute atomic E-state index is 11.7. The van der Waals surface area contributed by atoms with Crippen molar-refractivity contribution >= 4 is 11.9 Å². The monoisotopic (exact) mass is 390 g/mol. The lowest BCUT2D eigenvalue weighted by atomic mass is 10.1. The smallest absolute Gasteiger partial charge is 0.220 e. The molecule has 0 atom stereocenters. The highest BCUT2D eigenvalue weighted by Gasteiger charge is 2.22. The van der Waals surface area contributed by atoms with Crippen molar-refractivity contribution in [2.24, 2.45) is 4.99 Å². The van der Waals surface area contributed by atoms with Gasteiger partial charge in [0, 0.05) is 32.6 Å². The van der Waals surface area contributed by atoms with E-state index in [1.165, 1.54) is 5.56 Å². The van der Waals surface area contributed by atoms with E-state index in [0.717, 1.165) is 62.7 Å². The minimum Gasteiger partial charge on any atom is -0.493 e. The van der Waals surface area contributed by atoms with Gasteiger partial charge >= 0.3 is 0 Å². The zero-order valence-corrected chi connectivity index (χ0v) is 17.3. The molecule has 0 saturated heterocycles. The van der Waals surface area contributed by atoms with E-state index >= 15 is 0 Å². The Bertz CT molecular complexity index is 645. The van der Waals surface area contributed by atoms with Gasteiger partial charge in [0.1, 0.15) is 0 Å². The molecule has 1 aliphatic rings. The topological polar surface area (TPSA) is 84.0 Å². The lowest BCUT2D eigenvalue weighted by Gasteiger charge is -2.13. The van der Waals surface area contributed by atoms with Crippen molar-refractivity contribution in [2.75, 3.05) is 33.9 Å². The van der Waals surface area contributed by atoms with Gasteiger partial charge in [0.25, 0.3) is 0 Å². The van der Waals surface area contributed by atoms with Crippen molar-refractivity contribution in [1.82, 2.24) is 16.0 Å². The van der Waals surface area contributed by atoms with Crippen molar-refractivity contribution in [3.8, 4) is 11.5 Å². The number of carbonyl (C=O) groups excluding carboxylic acids is 1. The molecule has 0 spiro atoms. The van der Waals surface area contributed by atoms with Crippen LogP contribution in [0.15, 0.2) is 23.2 Å². The van der Waals surface area contributed by atoms with Crippen LogP contribution in [-0.2, 0) is 11.2 Å². The van der Waals surface area contributed by atoms with Gasteiger partial charge in [-0.15, -0.1) is 0 Å². The number of rotatable bonds is 12. The first kappa shape index (κ1) is 21.9. The number of aliphatic imine (C=N–C) groups is 1. The van der Waals surface area contributed by atoms with Gasteiger partial charge in [-0.05, 0) is 56.7 Å². The molecule has 0 radical (unpaired) electrons. The van der Waals surface area contributed by atoms with Gasteiger partial charge in [0.15, 0.2) is 17.5 Å². The van der Waals surface area contributed by atoms with E-state index in [4.69, 9.17) is 9.47 Å². The zero-order valence-electron chi connectivity index (χ0n) is 17.3. The number of benzene rings is 1. The predicted molar refractivity (Wildman–Crippen MR) is 112 cm³/mol. The SMILES string of the molecule is CCOc1cc(CCCNC(=NC)NCCCC(=O)NC2CC2)ccc1OC. The van der Waals surface area contributed by atoms with Gasteiger partial charge in [-0.1, -0.05) is 6.07 Å². The number of aryl methyl sites for hydroxylation is 1. The molecule has 1 fully saturated rings. The first-order valence-electron chi connectivity index (χ1n) is 10.2. The van der Waals surface area contributed by atoms with Crippen LogP contribution in [-0.4, -0.2) is 51.8 Å². The zero-order chi connectivity index (χ0) is 20.2. The molecular weight excluding hydrogens is 356 g/mol. The van der Waals surface area contributed by atoms with Crippen molar-refractivity contribution in [2.45, 2.75) is 51.5 Å². The van der Waals surface area contributed by atoms with E-state index in [1.807, 2.05) is 19.1 Å². The molecule has 0 aromatic heterocycles. The number of ether oxygens (including phenoxy) is 2. The summed E-state index contributed by atoms with van der Waals surface area (Å²) >= 11 is 0. The number of amides is 1. The summed E-state index contributed by atoms with van der Waals surface area (Å²) in [4.78, 5) is 15.9. The van der Waals surface area contributed by atoms with Crippen molar-refractivity contribution in [1.29, 1.82) is 0 Å². The highest BCUT2D eigenvalue weighted by atomic mass is 16.5. The molecule has 1 amide bonds. The number of hydrogen-bond acceptors (Lipinski definition) is 4. The van der Waals surface area contributed by atoms with Crippen LogP contribution in [0.25, 0.3) is 0 Å². The fourth-order valence-corrected chi connectivity index (χ4v) is 2.85. The summed E-state index contributed by atoms with van der Waals surface area (Å²) in [6, 6.07) is 6.50. The molecule has 1 aromatic rings. The van der Waals surface area contributed by atoms with E-state index in [0.29, 0.717) is 19.1 Å². The second-order valence-electron chi connectivity index (χ2n) is 6.89. The van der Waals surface area contributed by atoms with Gasteiger partial charge in [0.2, 0.25) is 5.91 Å². The first-order chi connectivity index (χ1) is 13.7. The Labute approximate surface area is 168 Å². The number of methoxy groups -OCH3 is 1.